The standard InChI is InChI=1S/C24H33N3O4S/c1-16-6-7-20(15-17(16)2)22-18(3)23(26-32(22,29)30)27-12-9-19(10-13-27)24(28)25-11-8-21-5-4-14-31-21/h4-7,14-15,18-19,22-23,26H,8-13H2,1-3H3,(H,25,28). The van der Waals surface area contributed by atoms with Gasteiger partial charge < -0.3 is 9.73 Å². The molecule has 0 radical (unpaired) electrons. The summed E-state index contributed by atoms with van der Waals surface area (Å²) in [5, 5.41) is 2.45. The molecule has 0 saturated carbocycles. The van der Waals surface area contributed by atoms with Gasteiger partial charge in [-0.1, -0.05) is 25.1 Å². The Hall–Kier alpha value is -2.16. The number of carbonyl (C=O) groups is 1. The van der Waals surface area contributed by atoms with Gasteiger partial charge in [0.2, 0.25) is 15.9 Å². The van der Waals surface area contributed by atoms with E-state index in [2.05, 4.69) is 14.9 Å². The number of carbonyl (C=O) groups excluding carboxylic acids is 1. The molecule has 8 heteroatoms. The van der Waals surface area contributed by atoms with Crippen molar-refractivity contribution in [2.45, 2.75) is 51.4 Å². The number of hydrogen-bond acceptors (Lipinski definition) is 5. The van der Waals surface area contributed by atoms with Gasteiger partial charge in [0.1, 0.15) is 11.0 Å². The van der Waals surface area contributed by atoms with Gasteiger partial charge in [-0.15, -0.1) is 0 Å². The second kappa shape index (κ2) is 9.37. The van der Waals surface area contributed by atoms with E-state index in [1.165, 1.54) is 0 Å². The van der Waals surface area contributed by atoms with Crippen LogP contribution in [-0.4, -0.2) is 45.0 Å². The second-order valence-corrected chi connectivity index (χ2v) is 11.0. The SMILES string of the molecule is Cc1ccc(C2C(C)C(N3CCC(C(=O)NCCc4ccco4)CC3)NS2(=O)=O)cc1C. The van der Waals surface area contributed by atoms with E-state index in [9.17, 15) is 13.2 Å². The molecule has 32 heavy (non-hydrogen) atoms. The summed E-state index contributed by atoms with van der Waals surface area (Å²) >= 11 is 0. The summed E-state index contributed by atoms with van der Waals surface area (Å²) < 4.78 is 34.2. The number of nitrogens with one attached hydrogen (secondary N) is 2. The zero-order valence-corrected chi connectivity index (χ0v) is 19.8. The van der Waals surface area contributed by atoms with Crippen LogP contribution in [0.15, 0.2) is 41.0 Å². The van der Waals surface area contributed by atoms with Crippen LogP contribution in [0.3, 0.4) is 0 Å². The number of nitrogens with zero attached hydrogens (tertiary/aromatic N) is 1. The number of hydrogen-bond donors (Lipinski definition) is 2. The van der Waals surface area contributed by atoms with E-state index in [1.54, 1.807) is 6.26 Å². The van der Waals surface area contributed by atoms with Crippen molar-refractivity contribution in [2.24, 2.45) is 11.8 Å². The van der Waals surface area contributed by atoms with Crippen LogP contribution < -0.4 is 10.0 Å². The van der Waals surface area contributed by atoms with Crippen LogP contribution in [0.4, 0.5) is 0 Å². The fourth-order valence-electron chi connectivity index (χ4n) is 4.98. The Balaban J connectivity index is 1.34. The summed E-state index contributed by atoms with van der Waals surface area (Å²) in [6.07, 6.45) is 3.53. The van der Waals surface area contributed by atoms with Crippen molar-refractivity contribution in [3.05, 3.63) is 59.0 Å². The van der Waals surface area contributed by atoms with Crippen LogP contribution >= 0.6 is 0 Å². The molecule has 3 atom stereocenters. The van der Waals surface area contributed by atoms with Crippen molar-refractivity contribution in [2.75, 3.05) is 19.6 Å². The average Bonchev–Trinajstić information content (AvgIpc) is 3.36. The molecule has 2 aliphatic heterocycles. The Labute approximate surface area is 190 Å². The van der Waals surface area contributed by atoms with Crippen molar-refractivity contribution in [3.8, 4) is 0 Å². The fraction of sp³-hybridized carbons (Fsp3) is 0.542. The Morgan fingerprint density at radius 1 is 1.19 bits per heavy atom. The quantitative estimate of drug-likeness (QED) is 0.693. The summed E-state index contributed by atoms with van der Waals surface area (Å²) in [4.78, 5) is 14.7. The Kier molecular flexibility index (Phi) is 6.74. The van der Waals surface area contributed by atoms with E-state index in [0.717, 1.165) is 35.3 Å². The molecule has 0 bridgehead atoms. The van der Waals surface area contributed by atoms with Crippen LogP contribution in [0.25, 0.3) is 0 Å². The molecule has 174 valence electrons. The molecule has 1 amide bonds. The molecule has 1 aromatic carbocycles. The Bertz CT molecular complexity index is 1040. The third kappa shape index (κ3) is 4.77. The lowest BCUT2D eigenvalue weighted by Gasteiger charge is -2.36. The van der Waals surface area contributed by atoms with Crippen LogP contribution in [0, 0.1) is 25.7 Å². The molecule has 7 nitrogen and oxygen atoms in total. The Morgan fingerprint density at radius 3 is 2.59 bits per heavy atom. The van der Waals surface area contributed by atoms with E-state index in [-0.39, 0.29) is 23.9 Å². The first kappa shape index (κ1) is 23.0. The summed E-state index contributed by atoms with van der Waals surface area (Å²) in [6.45, 7) is 8.02. The minimum Gasteiger partial charge on any atom is -0.469 e. The highest BCUT2D eigenvalue weighted by molar-refractivity contribution is 7.90. The number of furan rings is 1. The molecular weight excluding hydrogens is 426 g/mol. The highest BCUT2D eigenvalue weighted by Gasteiger charge is 2.48. The Morgan fingerprint density at radius 2 is 1.94 bits per heavy atom. The van der Waals surface area contributed by atoms with Gasteiger partial charge >= 0.3 is 0 Å². The second-order valence-electron chi connectivity index (χ2n) is 9.16. The molecule has 2 saturated heterocycles. The summed E-state index contributed by atoms with van der Waals surface area (Å²) in [5.74, 6) is 0.817. The largest absolute Gasteiger partial charge is 0.469 e. The number of sulfonamides is 1. The van der Waals surface area contributed by atoms with Gasteiger partial charge in [-0.2, -0.15) is 4.72 Å². The number of rotatable bonds is 6. The summed E-state index contributed by atoms with van der Waals surface area (Å²) in [6, 6.07) is 9.67. The topological polar surface area (TPSA) is 91.7 Å². The van der Waals surface area contributed by atoms with Crippen LogP contribution in [0.2, 0.25) is 0 Å². The summed E-state index contributed by atoms with van der Waals surface area (Å²) in [5.41, 5.74) is 3.11. The lowest BCUT2D eigenvalue weighted by molar-refractivity contribution is -0.126. The fourth-order valence-corrected chi connectivity index (χ4v) is 7.04. The number of amides is 1. The molecule has 2 aliphatic rings. The predicted octanol–water partition coefficient (Wildman–Crippen LogP) is 2.90. The van der Waals surface area contributed by atoms with E-state index in [4.69, 9.17) is 4.42 Å². The highest BCUT2D eigenvalue weighted by Crippen LogP contribution is 2.40. The molecule has 1 aromatic heterocycles. The minimum absolute atomic E-state index is 0.0355. The first-order chi connectivity index (χ1) is 15.3. The molecule has 2 aromatic rings. The first-order valence-corrected chi connectivity index (χ1v) is 12.9. The molecule has 0 aliphatic carbocycles. The van der Waals surface area contributed by atoms with Gasteiger partial charge in [-0.3, -0.25) is 9.69 Å². The maximum Gasteiger partial charge on any atom is 0.223 e. The minimum atomic E-state index is -3.46. The van der Waals surface area contributed by atoms with E-state index in [1.807, 2.05) is 51.1 Å². The van der Waals surface area contributed by atoms with Crippen LogP contribution in [-0.2, 0) is 21.2 Å². The zero-order chi connectivity index (χ0) is 22.9. The average molecular weight is 460 g/mol. The van der Waals surface area contributed by atoms with Crippen molar-refractivity contribution in [1.82, 2.24) is 14.9 Å². The van der Waals surface area contributed by atoms with Gasteiger partial charge in [0, 0.05) is 37.9 Å². The predicted molar refractivity (Wildman–Crippen MR) is 123 cm³/mol. The maximum atomic E-state index is 13.0. The van der Waals surface area contributed by atoms with E-state index < -0.39 is 15.3 Å². The van der Waals surface area contributed by atoms with E-state index in [0.29, 0.717) is 26.1 Å². The van der Waals surface area contributed by atoms with Crippen molar-refractivity contribution >= 4 is 15.9 Å². The molecule has 3 unspecified atom stereocenters. The van der Waals surface area contributed by atoms with Crippen molar-refractivity contribution in [3.63, 3.8) is 0 Å². The van der Waals surface area contributed by atoms with Gasteiger partial charge in [0.25, 0.3) is 0 Å². The molecule has 4 rings (SSSR count). The monoisotopic (exact) mass is 459 g/mol. The van der Waals surface area contributed by atoms with Crippen LogP contribution in [0.1, 0.15) is 47.5 Å². The van der Waals surface area contributed by atoms with Gasteiger partial charge in [-0.05, 0) is 55.5 Å². The normalized spacial score (nSPS) is 26.3. The smallest absolute Gasteiger partial charge is 0.223 e. The number of benzene rings is 1. The molecular formula is C24H33N3O4S. The third-order valence-electron chi connectivity index (χ3n) is 7.00. The molecule has 2 fully saturated rings. The maximum absolute atomic E-state index is 13.0. The third-order valence-corrected chi connectivity index (χ3v) is 8.94. The molecule has 3 heterocycles. The number of likely N-dealkylation sites (tertiary alicyclic amines) is 1. The first-order valence-electron chi connectivity index (χ1n) is 11.4. The molecule has 0 spiro atoms. The summed E-state index contributed by atoms with van der Waals surface area (Å²) in [7, 11) is -3.46. The number of piperidine rings is 1. The van der Waals surface area contributed by atoms with Crippen molar-refractivity contribution < 1.29 is 17.6 Å². The van der Waals surface area contributed by atoms with Crippen LogP contribution in [0.5, 0.6) is 0 Å². The van der Waals surface area contributed by atoms with Gasteiger partial charge in [-0.25, -0.2) is 8.42 Å². The lowest BCUT2D eigenvalue weighted by Crippen LogP contribution is -2.50. The lowest BCUT2D eigenvalue weighted by atomic mass is 9.91. The molecule has 2 N–H and O–H groups in total. The van der Waals surface area contributed by atoms with E-state index >= 15 is 0 Å². The number of aryl methyl sites for hydroxylation is 2. The van der Waals surface area contributed by atoms with Gasteiger partial charge in [0.05, 0.1) is 12.4 Å². The zero-order valence-electron chi connectivity index (χ0n) is 19.0. The van der Waals surface area contributed by atoms with Crippen molar-refractivity contribution in [1.29, 1.82) is 0 Å². The highest BCUT2D eigenvalue weighted by atomic mass is 32.2. The van der Waals surface area contributed by atoms with Gasteiger partial charge in [0.15, 0.2) is 0 Å².